The van der Waals surface area contributed by atoms with Crippen molar-refractivity contribution in [2.24, 2.45) is 7.05 Å². The summed E-state index contributed by atoms with van der Waals surface area (Å²) in [7, 11) is 4.29. The van der Waals surface area contributed by atoms with Crippen LogP contribution in [0.3, 0.4) is 0 Å². The molecule has 0 bridgehead atoms. The van der Waals surface area contributed by atoms with Crippen LogP contribution >= 0.6 is 0 Å². The van der Waals surface area contributed by atoms with Gasteiger partial charge in [-0.05, 0) is 6.42 Å². The van der Waals surface area contributed by atoms with Gasteiger partial charge in [0.25, 0.3) is 0 Å². The molecule has 0 radical (unpaired) electrons. The van der Waals surface area contributed by atoms with Gasteiger partial charge in [-0.1, -0.05) is 6.92 Å². The molecule has 0 fully saturated rings. The molecule has 100 valence electrons. The number of hydrogen-bond acceptors (Lipinski definition) is 3. The molecule has 0 N–H and O–H groups in total. The second-order valence-corrected chi connectivity index (χ2v) is 6.76. The highest BCUT2D eigenvalue weighted by Gasteiger charge is 2.50. The minimum absolute atomic E-state index is 0. The molecule has 0 aliphatic carbocycles. The lowest BCUT2D eigenvalue weighted by Crippen LogP contribution is -3.00. The molecule has 1 rings (SSSR count). The monoisotopic (exact) mass is 372 g/mol. The zero-order valence-electron chi connectivity index (χ0n) is 11.0. The van der Waals surface area contributed by atoms with E-state index in [1.54, 1.807) is 21.3 Å². The maximum absolute atomic E-state index is 5.52. The first-order chi connectivity index (χ1) is 7.63. The average molecular weight is 372 g/mol. The van der Waals surface area contributed by atoms with E-state index >= 15 is 0 Å². The molecule has 1 unspecified atom stereocenters. The lowest BCUT2D eigenvalue weighted by Gasteiger charge is -2.29. The van der Waals surface area contributed by atoms with Crippen LogP contribution in [-0.4, -0.2) is 34.7 Å². The van der Waals surface area contributed by atoms with E-state index in [9.17, 15) is 0 Å². The summed E-state index contributed by atoms with van der Waals surface area (Å²) in [6.45, 7) is 2.10. The summed E-state index contributed by atoms with van der Waals surface area (Å²) >= 11 is 0. The number of imidazole rings is 1. The molecular formula is C10H21IN2O3Si. The Morgan fingerprint density at radius 1 is 1.24 bits per heavy atom. The summed E-state index contributed by atoms with van der Waals surface area (Å²) in [6, 6.07) is 0. The quantitative estimate of drug-likeness (QED) is 0.320. The average Bonchev–Trinajstić information content (AvgIpc) is 2.72. The number of hydrogen-bond donors (Lipinski definition) is 0. The lowest BCUT2D eigenvalue weighted by molar-refractivity contribution is -0.671. The van der Waals surface area contributed by atoms with Gasteiger partial charge in [0.1, 0.15) is 12.4 Å². The first kappa shape index (κ1) is 17.0. The molecule has 1 atom stereocenters. The van der Waals surface area contributed by atoms with Crippen molar-refractivity contribution in [3.8, 4) is 0 Å². The zero-order valence-corrected chi connectivity index (χ0v) is 14.2. The van der Waals surface area contributed by atoms with E-state index in [1.807, 2.05) is 30.3 Å². The highest BCUT2D eigenvalue weighted by Crippen LogP contribution is 2.25. The Morgan fingerprint density at radius 3 is 2.06 bits per heavy atom. The van der Waals surface area contributed by atoms with Crippen LogP contribution in [-0.2, 0) is 20.3 Å². The molecule has 0 spiro atoms. The summed E-state index contributed by atoms with van der Waals surface area (Å²) in [5, 5.41) is 0. The largest absolute Gasteiger partial charge is 1.00 e. The summed E-state index contributed by atoms with van der Waals surface area (Å²) in [5.41, 5.74) is 0.105. The molecule has 5 nitrogen and oxygen atoms in total. The number of rotatable bonds is 6. The van der Waals surface area contributed by atoms with Crippen LogP contribution < -0.4 is 28.5 Å². The third kappa shape index (κ3) is 3.50. The second kappa shape index (κ2) is 7.47. The molecule has 0 aliphatic heterocycles. The normalized spacial score (nSPS) is 13.2. The third-order valence-corrected chi connectivity index (χ3v) is 6.03. The van der Waals surface area contributed by atoms with Crippen LogP contribution in [0, 0.1) is 0 Å². The molecule has 0 aromatic carbocycles. The fraction of sp³-hybridized carbons (Fsp3) is 0.700. The first-order valence-corrected chi connectivity index (χ1v) is 7.11. The van der Waals surface area contributed by atoms with Crippen molar-refractivity contribution >= 4 is 8.80 Å². The summed E-state index contributed by atoms with van der Waals surface area (Å²) in [5.74, 6) is 0. The van der Waals surface area contributed by atoms with Gasteiger partial charge in [-0.3, -0.25) is 0 Å². The lowest BCUT2D eigenvalue weighted by atomic mass is 10.5. The summed E-state index contributed by atoms with van der Waals surface area (Å²) in [4.78, 5) is 0. The van der Waals surface area contributed by atoms with E-state index in [2.05, 4.69) is 11.5 Å². The van der Waals surface area contributed by atoms with E-state index < -0.39 is 8.80 Å². The van der Waals surface area contributed by atoms with Gasteiger partial charge >= 0.3 is 8.80 Å². The fourth-order valence-corrected chi connectivity index (χ4v) is 4.29. The minimum Gasteiger partial charge on any atom is -1.00 e. The van der Waals surface area contributed by atoms with Gasteiger partial charge in [-0.2, -0.15) is 0 Å². The molecule has 7 heteroatoms. The zero-order chi connectivity index (χ0) is 12.2. The van der Waals surface area contributed by atoms with E-state index in [4.69, 9.17) is 13.3 Å². The predicted octanol–water partition coefficient (Wildman–Crippen LogP) is -2.31. The van der Waals surface area contributed by atoms with Gasteiger partial charge in [-0.25, -0.2) is 9.13 Å². The topological polar surface area (TPSA) is 36.5 Å². The molecule has 0 aliphatic rings. The van der Waals surface area contributed by atoms with Gasteiger partial charge in [-0.15, -0.1) is 0 Å². The molecular weight excluding hydrogens is 351 g/mol. The van der Waals surface area contributed by atoms with Crippen molar-refractivity contribution < 1.29 is 41.8 Å². The Balaban J connectivity index is 0.00000256. The fourth-order valence-electron chi connectivity index (χ4n) is 1.96. The number of aryl methyl sites for hydroxylation is 1. The molecule has 0 amide bonds. The third-order valence-electron chi connectivity index (χ3n) is 2.80. The van der Waals surface area contributed by atoms with Crippen molar-refractivity contribution in [3.63, 3.8) is 0 Å². The number of halogens is 1. The smallest absolute Gasteiger partial charge is 0.547 e. The maximum Gasteiger partial charge on any atom is 0.547 e. The molecule has 1 aromatic heterocycles. The van der Waals surface area contributed by atoms with Crippen LogP contribution in [0.2, 0.25) is 0 Å². The molecule has 0 saturated carbocycles. The predicted molar refractivity (Wildman–Crippen MR) is 61.7 cm³/mol. The van der Waals surface area contributed by atoms with Gasteiger partial charge in [0.05, 0.1) is 7.05 Å². The van der Waals surface area contributed by atoms with Crippen molar-refractivity contribution in [3.05, 3.63) is 18.7 Å². The SMILES string of the molecule is CCC(n1cc[n+](C)c1)[Si](OC)(OC)OC.[I-]. The Kier molecular flexibility index (Phi) is 7.48. The Bertz CT molecular complexity index is 323. The molecule has 17 heavy (non-hydrogen) atoms. The van der Waals surface area contributed by atoms with Crippen LogP contribution in [0.15, 0.2) is 18.7 Å². The van der Waals surface area contributed by atoms with E-state index in [1.165, 1.54) is 0 Å². The van der Waals surface area contributed by atoms with Crippen LogP contribution in [0.4, 0.5) is 0 Å². The molecule has 1 heterocycles. The first-order valence-electron chi connectivity index (χ1n) is 5.31. The summed E-state index contributed by atoms with van der Waals surface area (Å²) in [6.07, 6.45) is 6.90. The van der Waals surface area contributed by atoms with Gasteiger partial charge in [0.15, 0.2) is 5.67 Å². The highest BCUT2D eigenvalue weighted by molar-refractivity contribution is 6.61. The van der Waals surface area contributed by atoms with Gasteiger partial charge in [0, 0.05) is 21.3 Å². The Hall–Kier alpha value is 0.0369. The Morgan fingerprint density at radius 2 is 1.76 bits per heavy atom. The van der Waals surface area contributed by atoms with Crippen molar-refractivity contribution in [1.82, 2.24) is 4.57 Å². The molecule has 0 saturated heterocycles. The van der Waals surface area contributed by atoms with Gasteiger partial charge < -0.3 is 37.3 Å². The summed E-state index contributed by atoms with van der Waals surface area (Å²) < 4.78 is 20.6. The maximum atomic E-state index is 5.52. The van der Waals surface area contributed by atoms with Gasteiger partial charge in [0.2, 0.25) is 6.33 Å². The second-order valence-electron chi connectivity index (χ2n) is 3.67. The van der Waals surface area contributed by atoms with E-state index in [-0.39, 0.29) is 29.6 Å². The van der Waals surface area contributed by atoms with Crippen molar-refractivity contribution in [1.29, 1.82) is 0 Å². The Labute approximate surface area is 121 Å². The van der Waals surface area contributed by atoms with Crippen LogP contribution in [0.25, 0.3) is 0 Å². The minimum atomic E-state index is -2.62. The molecule has 1 aromatic rings. The highest BCUT2D eigenvalue weighted by atomic mass is 127. The van der Waals surface area contributed by atoms with Crippen molar-refractivity contribution in [2.75, 3.05) is 21.3 Å². The van der Waals surface area contributed by atoms with E-state index in [0.29, 0.717) is 0 Å². The van der Waals surface area contributed by atoms with Crippen LogP contribution in [0.1, 0.15) is 19.0 Å². The standard InChI is InChI=1S/C10H21N2O3Si.HI/c1-6-10(12-8-7-11(2)9-12)16(13-3,14-4)15-5;/h7-10H,6H2,1-5H3;1H/q+1;/p-1. The van der Waals surface area contributed by atoms with Crippen LogP contribution in [0.5, 0.6) is 0 Å². The number of aromatic nitrogens is 2. The van der Waals surface area contributed by atoms with Crippen molar-refractivity contribution in [2.45, 2.75) is 19.0 Å². The number of nitrogens with zero attached hydrogens (tertiary/aromatic N) is 2. The van der Waals surface area contributed by atoms with E-state index in [0.717, 1.165) is 6.42 Å².